The monoisotopic (exact) mass is 331 g/mol. The summed E-state index contributed by atoms with van der Waals surface area (Å²) in [7, 11) is 0. The van der Waals surface area contributed by atoms with Crippen LogP contribution in [-0.2, 0) is 11.2 Å². The van der Waals surface area contributed by atoms with Gasteiger partial charge in [0.05, 0.1) is 6.54 Å². The summed E-state index contributed by atoms with van der Waals surface area (Å²) in [6, 6.07) is 7.75. The Morgan fingerprint density at radius 2 is 2.00 bits per heavy atom. The molecule has 1 aliphatic heterocycles. The lowest BCUT2D eigenvalue weighted by Gasteiger charge is -2.18. The summed E-state index contributed by atoms with van der Waals surface area (Å²) in [6.45, 7) is 5.14. The lowest BCUT2D eigenvalue weighted by molar-refractivity contribution is -0.122. The van der Waals surface area contributed by atoms with Crippen LogP contribution in [-0.4, -0.2) is 50.1 Å². The lowest BCUT2D eigenvalue weighted by atomic mass is 10.1. The van der Waals surface area contributed by atoms with E-state index < -0.39 is 0 Å². The number of carbonyl (C=O) groups is 1. The van der Waals surface area contributed by atoms with E-state index in [2.05, 4.69) is 15.5 Å². The molecule has 1 heterocycles. The maximum Gasteiger partial charge on any atom is 0.234 e. The van der Waals surface area contributed by atoms with Crippen molar-refractivity contribution in [1.82, 2.24) is 15.5 Å². The third-order valence-corrected chi connectivity index (χ3v) is 3.70. The van der Waals surface area contributed by atoms with Crippen LogP contribution in [0.15, 0.2) is 24.3 Å². The fraction of sp³-hybridized carbons (Fsp3) is 0.533. The molecule has 1 aromatic carbocycles. The van der Waals surface area contributed by atoms with Gasteiger partial charge in [-0.05, 0) is 43.6 Å². The molecule has 0 atom stereocenters. The number of nitrogens with zero attached hydrogens (tertiary/aromatic N) is 1. The van der Waals surface area contributed by atoms with Crippen molar-refractivity contribution in [1.29, 1.82) is 0 Å². The van der Waals surface area contributed by atoms with Crippen LogP contribution < -0.4 is 10.6 Å². The summed E-state index contributed by atoms with van der Waals surface area (Å²) in [4.78, 5) is 14.1. The van der Waals surface area contributed by atoms with Crippen molar-refractivity contribution in [2.24, 2.45) is 0 Å². The molecule has 1 aliphatic rings. The molecule has 0 aromatic heterocycles. The van der Waals surface area contributed by atoms with E-state index in [1.807, 2.05) is 24.3 Å². The first-order chi connectivity index (χ1) is 9.74. The van der Waals surface area contributed by atoms with Crippen LogP contribution in [0.4, 0.5) is 0 Å². The molecule has 1 saturated heterocycles. The molecule has 21 heavy (non-hydrogen) atoms. The number of halogens is 2. The average molecular weight is 332 g/mol. The summed E-state index contributed by atoms with van der Waals surface area (Å²) in [6.07, 6.45) is 1.95. The van der Waals surface area contributed by atoms with E-state index >= 15 is 0 Å². The first-order valence-corrected chi connectivity index (χ1v) is 7.56. The largest absolute Gasteiger partial charge is 0.355 e. The quantitative estimate of drug-likeness (QED) is 0.863. The zero-order valence-electron chi connectivity index (χ0n) is 12.1. The molecule has 2 N–H and O–H groups in total. The van der Waals surface area contributed by atoms with Crippen LogP contribution in [0, 0.1) is 0 Å². The number of benzene rings is 1. The van der Waals surface area contributed by atoms with Crippen molar-refractivity contribution >= 4 is 29.9 Å². The minimum atomic E-state index is 0. The zero-order chi connectivity index (χ0) is 14.2. The van der Waals surface area contributed by atoms with E-state index in [1.54, 1.807) is 0 Å². The highest BCUT2D eigenvalue weighted by Gasteiger charge is 2.12. The molecule has 0 radical (unpaired) electrons. The van der Waals surface area contributed by atoms with Crippen LogP contribution in [0.1, 0.15) is 12.0 Å². The minimum Gasteiger partial charge on any atom is -0.355 e. The molecule has 0 saturated carbocycles. The molecule has 4 nitrogen and oxygen atoms in total. The van der Waals surface area contributed by atoms with Gasteiger partial charge in [-0.25, -0.2) is 0 Å². The van der Waals surface area contributed by atoms with Gasteiger partial charge in [0.2, 0.25) is 5.91 Å². The highest BCUT2D eigenvalue weighted by molar-refractivity contribution is 6.30. The van der Waals surface area contributed by atoms with Crippen molar-refractivity contribution < 1.29 is 4.79 Å². The molecule has 0 unspecified atom stereocenters. The van der Waals surface area contributed by atoms with Crippen molar-refractivity contribution in [2.75, 3.05) is 39.3 Å². The Bertz CT molecular complexity index is 417. The molecule has 6 heteroatoms. The van der Waals surface area contributed by atoms with Crippen LogP contribution in [0.25, 0.3) is 0 Å². The number of hydrogen-bond acceptors (Lipinski definition) is 3. The van der Waals surface area contributed by atoms with E-state index in [9.17, 15) is 4.79 Å². The van der Waals surface area contributed by atoms with E-state index in [-0.39, 0.29) is 18.3 Å². The topological polar surface area (TPSA) is 44.4 Å². The maximum absolute atomic E-state index is 11.9. The minimum absolute atomic E-state index is 0. The predicted molar refractivity (Wildman–Crippen MR) is 89.3 cm³/mol. The van der Waals surface area contributed by atoms with Crippen LogP contribution in [0.2, 0.25) is 5.02 Å². The van der Waals surface area contributed by atoms with Crippen molar-refractivity contribution in [3.05, 3.63) is 34.9 Å². The maximum atomic E-state index is 11.9. The lowest BCUT2D eigenvalue weighted by Crippen LogP contribution is -2.39. The second-order valence-electron chi connectivity index (χ2n) is 5.11. The normalized spacial score (nSPS) is 15.9. The smallest absolute Gasteiger partial charge is 0.234 e. The van der Waals surface area contributed by atoms with Gasteiger partial charge in [0.1, 0.15) is 0 Å². The van der Waals surface area contributed by atoms with Crippen molar-refractivity contribution in [2.45, 2.75) is 12.8 Å². The molecular weight excluding hydrogens is 309 g/mol. The molecule has 0 aliphatic carbocycles. The highest BCUT2D eigenvalue weighted by atomic mass is 35.5. The molecule has 0 bridgehead atoms. The zero-order valence-corrected chi connectivity index (χ0v) is 13.7. The van der Waals surface area contributed by atoms with Crippen molar-refractivity contribution in [3.63, 3.8) is 0 Å². The Morgan fingerprint density at radius 1 is 1.24 bits per heavy atom. The molecule has 1 fully saturated rings. The van der Waals surface area contributed by atoms with Gasteiger partial charge in [-0.2, -0.15) is 0 Å². The Balaban J connectivity index is 0.00000220. The highest BCUT2D eigenvalue weighted by Crippen LogP contribution is 2.09. The van der Waals surface area contributed by atoms with Gasteiger partial charge in [-0.3, -0.25) is 9.69 Å². The SMILES string of the molecule is Cl.O=C(CN1CCCNCC1)NCCc1ccc(Cl)cc1. The Hall–Kier alpha value is -0.810. The molecule has 2 rings (SSSR count). The first-order valence-electron chi connectivity index (χ1n) is 7.18. The molecule has 1 aromatic rings. The van der Waals surface area contributed by atoms with Gasteiger partial charge in [0, 0.05) is 24.7 Å². The number of nitrogens with one attached hydrogen (secondary N) is 2. The molecule has 0 spiro atoms. The Morgan fingerprint density at radius 3 is 2.76 bits per heavy atom. The number of carbonyl (C=O) groups excluding carboxylic acids is 1. The van der Waals surface area contributed by atoms with Gasteiger partial charge in [-0.1, -0.05) is 23.7 Å². The number of hydrogen-bond donors (Lipinski definition) is 2. The third kappa shape index (κ3) is 7.14. The second kappa shape index (κ2) is 10.0. The molecule has 1 amide bonds. The summed E-state index contributed by atoms with van der Waals surface area (Å²) >= 11 is 5.84. The van der Waals surface area contributed by atoms with Crippen molar-refractivity contribution in [3.8, 4) is 0 Å². The number of rotatable bonds is 5. The van der Waals surface area contributed by atoms with Gasteiger partial charge >= 0.3 is 0 Å². The van der Waals surface area contributed by atoms with E-state index in [1.165, 1.54) is 5.56 Å². The van der Waals surface area contributed by atoms with Crippen LogP contribution in [0.3, 0.4) is 0 Å². The van der Waals surface area contributed by atoms with Gasteiger partial charge < -0.3 is 10.6 Å². The van der Waals surface area contributed by atoms with E-state index in [0.717, 1.165) is 44.0 Å². The molecule has 118 valence electrons. The summed E-state index contributed by atoms with van der Waals surface area (Å²) in [5.74, 6) is 0.112. The first kappa shape index (κ1) is 18.2. The van der Waals surface area contributed by atoms with Gasteiger partial charge in [0.15, 0.2) is 0 Å². The second-order valence-corrected chi connectivity index (χ2v) is 5.54. The van der Waals surface area contributed by atoms with Gasteiger partial charge in [-0.15, -0.1) is 12.4 Å². The Kier molecular flexibility index (Phi) is 8.69. The predicted octanol–water partition coefficient (Wildman–Crippen LogP) is 1.72. The fourth-order valence-corrected chi connectivity index (χ4v) is 2.44. The van der Waals surface area contributed by atoms with Crippen LogP contribution in [0.5, 0.6) is 0 Å². The summed E-state index contributed by atoms with van der Waals surface area (Å²) < 4.78 is 0. The van der Waals surface area contributed by atoms with Gasteiger partial charge in [0.25, 0.3) is 0 Å². The fourth-order valence-electron chi connectivity index (χ4n) is 2.32. The third-order valence-electron chi connectivity index (χ3n) is 3.45. The van der Waals surface area contributed by atoms with Crippen LogP contribution >= 0.6 is 24.0 Å². The van der Waals surface area contributed by atoms with E-state index in [4.69, 9.17) is 11.6 Å². The summed E-state index contributed by atoms with van der Waals surface area (Å²) in [5.41, 5.74) is 1.19. The Labute approximate surface area is 137 Å². The van der Waals surface area contributed by atoms with E-state index in [0.29, 0.717) is 13.1 Å². The summed E-state index contributed by atoms with van der Waals surface area (Å²) in [5, 5.41) is 7.06. The standard InChI is InChI=1S/C15H22ClN3O.ClH/c16-14-4-2-13(3-5-14)6-8-18-15(20)12-19-10-1-7-17-9-11-19;/h2-5,17H,1,6-12H2,(H,18,20);1H. The molecular formula is C15H23Cl2N3O. The average Bonchev–Trinajstić information content (AvgIpc) is 2.70. The number of amides is 1.